The summed E-state index contributed by atoms with van der Waals surface area (Å²) in [6.45, 7) is 8.07. The van der Waals surface area contributed by atoms with Gasteiger partial charge in [0.25, 0.3) is 0 Å². The van der Waals surface area contributed by atoms with E-state index in [1.807, 2.05) is 32.0 Å². The summed E-state index contributed by atoms with van der Waals surface area (Å²) in [5.74, 6) is 0.0214. The van der Waals surface area contributed by atoms with E-state index < -0.39 is 0 Å². The molecule has 2 rings (SSSR count). The first kappa shape index (κ1) is 15.0. The van der Waals surface area contributed by atoms with Gasteiger partial charge in [0, 0.05) is 23.5 Å². The van der Waals surface area contributed by atoms with E-state index >= 15 is 0 Å². The fourth-order valence-electron chi connectivity index (χ4n) is 2.36. The van der Waals surface area contributed by atoms with Crippen LogP contribution in [0.4, 0.5) is 5.69 Å². The topological polar surface area (TPSA) is 29.1 Å². The molecule has 0 aromatic heterocycles. The standard InChI is InChI=1S/C19H21NO/c1-13-5-6-16(4)18(12-13)19(21)7-8-20-17-10-14(2)9-15(3)11-17/h5-12,20H,1-4H3/b8-7+. The maximum Gasteiger partial charge on any atom is 0.187 e. The van der Waals surface area contributed by atoms with E-state index in [2.05, 4.69) is 37.4 Å². The minimum atomic E-state index is 0.0214. The first-order chi connectivity index (χ1) is 9.95. The van der Waals surface area contributed by atoms with Crippen molar-refractivity contribution in [3.8, 4) is 0 Å². The number of hydrogen-bond donors (Lipinski definition) is 1. The zero-order valence-corrected chi connectivity index (χ0v) is 13.0. The van der Waals surface area contributed by atoms with Gasteiger partial charge in [-0.1, -0.05) is 23.8 Å². The van der Waals surface area contributed by atoms with Crippen LogP contribution in [0.1, 0.15) is 32.6 Å². The molecule has 0 aliphatic heterocycles. The molecule has 0 fully saturated rings. The smallest absolute Gasteiger partial charge is 0.187 e. The Bertz CT molecular complexity index is 678. The van der Waals surface area contributed by atoms with Gasteiger partial charge in [-0.25, -0.2) is 0 Å². The molecule has 2 aromatic rings. The zero-order valence-electron chi connectivity index (χ0n) is 13.0. The lowest BCUT2D eigenvalue weighted by atomic mass is 10.0. The summed E-state index contributed by atoms with van der Waals surface area (Å²) in [6, 6.07) is 12.2. The van der Waals surface area contributed by atoms with Crippen LogP contribution in [0.25, 0.3) is 0 Å². The van der Waals surface area contributed by atoms with Crippen LogP contribution >= 0.6 is 0 Å². The van der Waals surface area contributed by atoms with Crippen LogP contribution < -0.4 is 5.32 Å². The predicted octanol–water partition coefficient (Wildman–Crippen LogP) is 4.73. The van der Waals surface area contributed by atoms with Gasteiger partial charge in [0.15, 0.2) is 5.78 Å². The first-order valence-corrected chi connectivity index (χ1v) is 7.08. The second-order valence-electron chi connectivity index (χ2n) is 5.54. The monoisotopic (exact) mass is 279 g/mol. The molecule has 0 heterocycles. The van der Waals surface area contributed by atoms with Gasteiger partial charge in [0.1, 0.15) is 0 Å². The Morgan fingerprint density at radius 3 is 2.24 bits per heavy atom. The number of anilines is 1. The number of benzene rings is 2. The number of carbonyl (C=O) groups is 1. The number of allylic oxidation sites excluding steroid dienone is 1. The van der Waals surface area contributed by atoms with Crippen molar-refractivity contribution < 1.29 is 4.79 Å². The molecule has 0 atom stereocenters. The molecule has 2 nitrogen and oxygen atoms in total. The van der Waals surface area contributed by atoms with E-state index in [0.717, 1.165) is 22.4 Å². The van der Waals surface area contributed by atoms with Gasteiger partial charge in [-0.3, -0.25) is 4.79 Å². The molecule has 0 bridgehead atoms. The van der Waals surface area contributed by atoms with Crippen molar-refractivity contribution in [2.45, 2.75) is 27.7 Å². The molecule has 2 aromatic carbocycles. The molecule has 0 saturated carbocycles. The highest BCUT2D eigenvalue weighted by molar-refractivity contribution is 6.05. The van der Waals surface area contributed by atoms with Crippen LogP contribution in [0.5, 0.6) is 0 Å². The van der Waals surface area contributed by atoms with E-state index in [4.69, 9.17) is 0 Å². The minimum absolute atomic E-state index is 0.0214. The maximum atomic E-state index is 12.2. The van der Waals surface area contributed by atoms with E-state index in [0.29, 0.717) is 0 Å². The average molecular weight is 279 g/mol. The summed E-state index contributed by atoms with van der Waals surface area (Å²) in [7, 11) is 0. The summed E-state index contributed by atoms with van der Waals surface area (Å²) in [5.41, 5.74) is 6.26. The summed E-state index contributed by atoms with van der Waals surface area (Å²) >= 11 is 0. The third kappa shape index (κ3) is 4.06. The summed E-state index contributed by atoms with van der Waals surface area (Å²) in [5, 5.41) is 3.16. The normalized spacial score (nSPS) is 10.9. The van der Waals surface area contributed by atoms with Crippen molar-refractivity contribution in [3.05, 3.63) is 76.5 Å². The van der Waals surface area contributed by atoms with E-state index in [1.54, 1.807) is 12.3 Å². The molecule has 0 aliphatic rings. The molecule has 0 saturated heterocycles. The van der Waals surface area contributed by atoms with Crippen LogP contribution in [0.15, 0.2) is 48.7 Å². The third-order valence-electron chi connectivity index (χ3n) is 3.36. The summed E-state index contributed by atoms with van der Waals surface area (Å²) in [6.07, 6.45) is 3.29. The number of aryl methyl sites for hydroxylation is 4. The molecular weight excluding hydrogens is 258 g/mol. The van der Waals surface area contributed by atoms with Gasteiger partial charge in [-0.2, -0.15) is 0 Å². The van der Waals surface area contributed by atoms with E-state index in [-0.39, 0.29) is 5.78 Å². The van der Waals surface area contributed by atoms with Crippen LogP contribution in [0.2, 0.25) is 0 Å². The molecule has 0 unspecified atom stereocenters. The van der Waals surface area contributed by atoms with Gasteiger partial charge in [0.2, 0.25) is 0 Å². The van der Waals surface area contributed by atoms with Crippen LogP contribution in [-0.2, 0) is 0 Å². The largest absolute Gasteiger partial charge is 0.362 e. The van der Waals surface area contributed by atoms with Crippen LogP contribution in [0.3, 0.4) is 0 Å². The molecule has 1 N–H and O–H groups in total. The lowest BCUT2D eigenvalue weighted by Crippen LogP contribution is -2.00. The minimum Gasteiger partial charge on any atom is -0.362 e. The quantitative estimate of drug-likeness (QED) is 0.647. The Balaban J connectivity index is 2.10. The van der Waals surface area contributed by atoms with Crippen molar-refractivity contribution >= 4 is 11.5 Å². The van der Waals surface area contributed by atoms with Crippen molar-refractivity contribution in [3.63, 3.8) is 0 Å². The second-order valence-corrected chi connectivity index (χ2v) is 5.54. The van der Waals surface area contributed by atoms with Crippen molar-refractivity contribution in [1.82, 2.24) is 0 Å². The lowest BCUT2D eigenvalue weighted by molar-refractivity contribution is 0.104. The van der Waals surface area contributed by atoms with Gasteiger partial charge < -0.3 is 5.32 Å². The Morgan fingerprint density at radius 2 is 1.57 bits per heavy atom. The molecule has 21 heavy (non-hydrogen) atoms. The van der Waals surface area contributed by atoms with E-state index in [9.17, 15) is 4.79 Å². The third-order valence-corrected chi connectivity index (χ3v) is 3.36. The van der Waals surface area contributed by atoms with Gasteiger partial charge >= 0.3 is 0 Å². The van der Waals surface area contributed by atoms with Gasteiger partial charge in [0.05, 0.1) is 0 Å². The Labute approximate surface area is 126 Å². The molecule has 2 heteroatoms. The van der Waals surface area contributed by atoms with Crippen molar-refractivity contribution in [1.29, 1.82) is 0 Å². The van der Waals surface area contributed by atoms with Crippen LogP contribution in [0, 0.1) is 27.7 Å². The van der Waals surface area contributed by atoms with Crippen molar-refractivity contribution in [2.24, 2.45) is 0 Å². The summed E-state index contributed by atoms with van der Waals surface area (Å²) in [4.78, 5) is 12.2. The maximum absolute atomic E-state index is 12.2. The zero-order chi connectivity index (χ0) is 15.4. The molecule has 108 valence electrons. The number of carbonyl (C=O) groups excluding carboxylic acids is 1. The highest BCUT2D eigenvalue weighted by Crippen LogP contribution is 2.14. The average Bonchev–Trinajstić information content (AvgIpc) is 2.40. The first-order valence-electron chi connectivity index (χ1n) is 7.08. The lowest BCUT2D eigenvalue weighted by Gasteiger charge is -2.05. The van der Waals surface area contributed by atoms with Gasteiger partial charge in [-0.05, 0) is 62.6 Å². The SMILES string of the molecule is Cc1cc(C)cc(N/C=C/C(=O)c2cc(C)ccc2C)c1. The Morgan fingerprint density at radius 1 is 0.905 bits per heavy atom. The molecule has 0 amide bonds. The Kier molecular flexibility index (Phi) is 4.59. The second kappa shape index (κ2) is 6.40. The van der Waals surface area contributed by atoms with Gasteiger partial charge in [-0.15, -0.1) is 0 Å². The van der Waals surface area contributed by atoms with Crippen LogP contribution in [-0.4, -0.2) is 5.78 Å². The van der Waals surface area contributed by atoms with Crippen molar-refractivity contribution in [2.75, 3.05) is 5.32 Å². The highest BCUT2D eigenvalue weighted by atomic mass is 16.1. The number of hydrogen-bond acceptors (Lipinski definition) is 2. The molecule has 0 spiro atoms. The Hall–Kier alpha value is -2.35. The molecular formula is C19H21NO. The predicted molar refractivity (Wildman–Crippen MR) is 88.9 cm³/mol. The fraction of sp³-hybridized carbons (Fsp3) is 0.211. The highest BCUT2D eigenvalue weighted by Gasteiger charge is 2.05. The molecule has 0 radical (unpaired) electrons. The fourth-order valence-corrected chi connectivity index (χ4v) is 2.36. The number of ketones is 1. The summed E-state index contributed by atoms with van der Waals surface area (Å²) < 4.78 is 0. The number of nitrogens with one attached hydrogen (secondary N) is 1. The van der Waals surface area contributed by atoms with E-state index in [1.165, 1.54) is 11.1 Å². The number of rotatable bonds is 4. The molecule has 0 aliphatic carbocycles.